The van der Waals surface area contributed by atoms with Crippen LogP contribution in [0.5, 0.6) is 0 Å². The van der Waals surface area contributed by atoms with E-state index in [-0.39, 0.29) is 11.8 Å². The fourth-order valence-corrected chi connectivity index (χ4v) is 3.64. The van der Waals surface area contributed by atoms with Gasteiger partial charge < -0.3 is 10.1 Å². The number of rotatable bonds is 3. The highest BCUT2D eigenvalue weighted by Gasteiger charge is 2.24. The minimum Gasteiger partial charge on any atom is -0.381 e. The molecule has 2 aromatic rings. The van der Waals surface area contributed by atoms with Crippen LogP contribution in [0.1, 0.15) is 6.42 Å². The van der Waals surface area contributed by atoms with Crippen molar-refractivity contribution in [3.05, 3.63) is 21.8 Å². The second-order valence-electron chi connectivity index (χ2n) is 4.19. The number of thiophene rings is 1. The first-order valence-corrected chi connectivity index (χ1v) is 7.89. The van der Waals surface area contributed by atoms with Crippen molar-refractivity contribution in [2.75, 3.05) is 18.5 Å². The maximum absolute atomic E-state index is 11.9. The molecule has 0 radical (unpaired) electrons. The van der Waals surface area contributed by atoms with Gasteiger partial charge in [0.25, 0.3) is 0 Å². The summed E-state index contributed by atoms with van der Waals surface area (Å²) in [5.41, 5.74) is 0.847. The van der Waals surface area contributed by atoms with Crippen molar-refractivity contribution in [3.63, 3.8) is 0 Å². The Morgan fingerprint density at radius 1 is 1.53 bits per heavy atom. The third kappa shape index (κ3) is 2.97. The van der Waals surface area contributed by atoms with E-state index >= 15 is 0 Å². The largest absolute Gasteiger partial charge is 0.381 e. The lowest BCUT2D eigenvalue weighted by Crippen LogP contribution is -2.22. The molecule has 1 unspecified atom stereocenters. The first-order valence-electron chi connectivity index (χ1n) is 5.82. The molecule has 1 fully saturated rings. The molecule has 1 N–H and O–H groups in total. The highest BCUT2D eigenvalue weighted by molar-refractivity contribution is 7.20. The topological polar surface area (TPSA) is 51.2 Å². The summed E-state index contributed by atoms with van der Waals surface area (Å²) < 4.78 is 5.94. The molecule has 1 saturated heterocycles. The van der Waals surface area contributed by atoms with E-state index < -0.39 is 0 Å². The number of ether oxygens (including phenoxy) is 1. The van der Waals surface area contributed by atoms with Crippen molar-refractivity contribution in [1.29, 1.82) is 0 Å². The van der Waals surface area contributed by atoms with Crippen LogP contribution in [0.25, 0.3) is 10.6 Å². The lowest BCUT2D eigenvalue weighted by atomic mass is 10.1. The molecule has 0 saturated carbocycles. The molecule has 1 atom stereocenters. The Kier molecular flexibility index (Phi) is 3.83. The quantitative estimate of drug-likeness (QED) is 0.943. The highest BCUT2D eigenvalue weighted by Crippen LogP contribution is 2.33. The van der Waals surface area contributed by atoms with Gasteiger partial charge in [-0.25, -0.2) is 4.98 Å². The van der Waals surface area contributed by atoms with Gasteiger partial charge in [-0.15, -0.1) is 22.7 Å². The Balaban J connectivity index is 1.69. The van der Waals surface area contributed by atoms with Gasteiger partial charge in [0.2, 0.25) is 5.91 Å². The fourth-order valence-electron chi connectivity index (χ4n) is 1.85. The molecule has 0 aliphatic carbocycles. The standard InChI is InChI=1S/C12H11ClN2O2S2/c13-10-2-1-9(19-10)8-6-18-12(14-8)15-11(16)7-3-4-17-5-7/h1-2,6-7H,3-5H2,(H,14,15,16). The summed E-state index contributed by atoms with van der Waals surface area (Å²) in [7, 11) is 0. The van der Waals surface area contributed by atoms with Gasteiger partial charge in [-0.1, -0.05) is 11.6 Å². The molecular formula is C12H11ClN2O2S2. The van der Waals surface area contributed by atoms with Crippen LogP contribution in [-0.4, -0.2) is 24.1 Å². The number of halogens is 1. The van der Waals surface area contributed by atoms with Crippen LogP contribution in [0.15, 0.2) is 17.5 Å². The zero-order valence-electron chi connectivity index (χ0n) is 9.89. The number of amides is 1. The molecule has 3 rings (SSSR count). The highest BCUT2D eigenvalue weighted by atomic mass is 35.5. The van der Waals surface area contributed by atoms with E-state index in [4.69, 9.17) is 16.3 Å². The predicted octanol–water partition coefficient (Wildman–Crippen LogP) is 3.50. The molecule has 4 nitrogen and oxygen atoms in total. The Morgan fingerprint density at radius 2 is 2.42 bits per heavy atom. The van der Waals surface area contributed by atoms with Crippen LogP contribution >= 0.6 is 34.3 Å². The molecule has 7 heteroatoms. The van der Waals surface area contributed by atoms with E-state index in [0.717, 1.165) is 21.3 Å². The molecule has 2 aromatic heterocycles. The summed E-state index contributed by atoms with van der Waals surface area (Å²) in [4.78, 5) is 17.3. The van der Waals surface area contributed by atoms with Gasteiger partial charge in [0, 0.05) is 12.0 Å². The van der Waals surface area contributed by atoms with Gasteiger partial charge in [-0.2, -0.15) is 0 Å². The number of nitrogens with zero attached hydrogens (tertiary/aromatic N) is 1. The summed E-state index contributed by atoms with van der Waals surface area (Å²) in [6.45, 7) is 1.17. The van der Waals surface area contributed by atoms with Crippen molar-refractivity contribution in [3.8, 4) is 10.6 Å². The third-order valence-corrected chi connectivity index (χ3v) is 4.87. The summed E-state index contributed by atoms with van der Waals surface area (Å²) in [6, 6.07) is 3.77. The number of hydrogen-bond donors (Lipinski definition) is 1. The SMILES string of the molecule is O=C(Nc1nc(-c2ccc(Cl)s2)cs1)C1CCOC1. The summed E-state index contributed by atoms with van der Waals surface area (Å²) in [6.07, 6.45) is 0.782. The molecule has 1 aliphatic rings. The Morgan fingerprint density at radius 3 is 3.11 bits per heavy atom. The monoisotopic (exact) mass is 314 g/mol. The molecule has 3 heterocycles. The van der Waals surface area contributed by atoms with Gasteiger partial charge in [0.05, 0.1) is 27.4 Å². The van der Waals surface area contributed by atoms with Crippen LogP contribution in [0, 0.1) is 5.92 Å². The molecule has 1 amide bonds. The number of thiazole rings is 1. The lowest BCUT2D eigenvalue weighted by Gasteiger charge is -2.05. The Bertz CT molecular complexity index is 590. The van der Waals surface area contributed by atoms with E-state index in [0.29, 0.717) is 18.3 Å². The maximum atomic E-state index is 11.9. The van der Waals surface area contributed by atoms with E-state index in [2.05, 4.69) is 10.3 Å². The Hall–Kier alpha value is -0.950. The number of carbonyl (C=O) groups is 1. The van der Waals surface area contributed by atoms with Crippen molar-refractivity contribution >= 4 is 45.3 Å². The number of aromatic nitrogens is 1. The lowest BCUT2D eigenvalue weighted by molar-refractivity contribution is -0.119. The number of anilines is 1. The Labute approximate surface area is 123 Å². The first-order chi connectivity index (χ1) is 9.22. The average molecular weight is 315 g/mol. The molecule has 0 bridgehead atoms. The van der Waals surface area contributed by atoms with Gasteiger partial charge in [0.15, 0.2) is 5.13 Å². The van der Waals surface area contributed by atoms with Crippen molar-refractivity contribution in [1.82, 2.24) is 4.98 Å². The fraction of sp³-hybridized carbons (Fsp3) is 0.333. The molecule has 0 spiro atoms. The number of nitrogens with one attached hydrogen (secondary N) is 1. The predicted molar refractivity (Wildman–Crippen MR) is 78.0 cm³/mol. The summed E-state index contributed by atoms with van der Waals surface area (Å²) in [5, 5.41) is 5.38. The van der Waals surface area contributed by atoms with Crippen LogP contribution < -0.4 is 5.32 Å². The van der Waals surface area contributed by atoms with Crippen LogP contribution in [-0.2, 0) is 9.53 Å². The van der Waals surface area contributed by atoms with Gasteiger partial charge >= 0.3 is 0 Å². The van der Waals surface area contributed by atoms with Gasteiger partial charge in [-0.3, -0.25) is 4.79 Å². The van der Waals surface area contributed by atoms with E-state index in [1.807, 2.05) is 17.5 Å². The van der Waals surface area contributed by atoms with Gasteiger partial charge in [0.1, 0.15) is 0 Å². The minimum atomic E-state index is -0.0523. The average Bonchev–Trinajstić information content (AvgIpc) is 3.07. The van der Waals surface area contributed by atoms with Crippen LogP contribution in [0.3, 0.4) is 0 Å². The van der Waals surface area contributed by atoms with E-state index in [1.54, 1.807) is 0 Å². The second-order valence-corrected chi connectivity index (χ2v) is 6.76. The maximum Gasteiger partial charge on any atom is 0.231 e. The smallest absolute Gasteiger partial charge is 0.231 e. The summed E-state index contributed by atoms with van der Waals surface area (Å²) in [5.74, 6) is -0.0638. The molecule has 19 heavy (non-hydrogen) atoms. The second kappa shape index (κ2) is 5.58. The van der Waals surface area contributed by atoms with Crippen molar-refractivity contribution < 1.29 is 9.53 Å². The zero-order valence-corrected chi connectivity index (χ0v) is 12.3. The molecular weight excluding hydrogens is 304 g/mol. The van der Waals surface area contributed by atoms with E-state index in [9.17, 15) is 4.79 Å². The first kappa shape index (κ1) is 13.1. The van der Waals surface area contributed by atoms with Crippen LogP contribution in [0.2, 0.25) is 4.34 Å². The van der Waals surface area contributed by atoms with Crippen molar-refractivity contribution in [2.45, 2.75) is 6.42 Å². The van der Waals surface area contributed by atoms with Gasteiger partial charge in [-0.05, 0) is 18.6 Å². The number of hydrogen-bond acceptors (Lipinski definition) is 5. The zero-order chi connectivity index (χ0) is 13.2. The third-order valence-electron chi connectivity index (χ3n) is 2.86. The normalized spacial score (nSPS) is 18.7. The van der Waals surface area contributed by atoms with E-state index in [1.165, 1.54) is 22.7 Å². The molecule has 100 valence electrons. The minimum absolute atomic E-state index is 0.0115. The van der Waals surface area contributed by atoms with Crippen LogP contribution in [0.4, 0.5) is 5.13 Å². The van der Waals surface area contributed by atoms with Crippen molar-refractivity contribution in [2.24, 2.45) is 5.92 Å². The molecule has 1 aliphatic heterocycles. The molecule has 0 aromatic carbocycles. The summed E-state index contributed by atoms with van der Waals surface area (Å²) >= 11 is 8.79. The number of carbonyl (C=O) groups excluding carboxylic acids is 1.